The Hall–Kier alpha value is -4.37. The maximum Gasteiger partial charge on any atom is 0.419 e. The zero-order valence-corrected chi connectivity index (χ0v) is 34.7. The molecule has 3 N–H and O–H groups in total. The molecule has 3 aliphatic heterocycles. The number of piperidine rings is 1. The maximum atomic E-state index is 13.7. The number of alkyl halides is 3. The quantitative estimate of drug-likeness (QED) is 0.189. The summed E-state index contributed by atoms with van der Waals surface area (Å²) in [5.74, 6) is -0.658. The fourth-order valence-corrected chi connectivity index (χ4v) is 9.44. The third kappa shape index (κ3) is 9.90. The minimum absolute atomic E-state index is 0. The molecular weight excluding hydrogens is 795 g/mol. The molecule has 1 unspecified atom stereocenters. The summed E-state index contributed by atoms with van der Waals surface area (Å²) >= 11 is 5.74. The van der Waals surface area contributed by atoms with E-state index in [0.717, 1.165) is 75.3 Å². The van der Waals surface area contributed by atoms with Crippen LogP contribution in [0.15, 0.2) is 36.5 Å². The number of amides is 4. The van der Waals surface area contributed by atoms with E-state index >= 15 is 0 Å². The predicted octanol–water partition coefficient (Wildman–Crippen LogP) is 5.70. The maximum absolute atomic E-state index is 13.7. The minimum Gasteiger partial charge on any atom is -0.374 e. The molecule has 4 amide bonds. The molecule has 314 valence electrons. The molecule has 58 heavy (non-hydrogen) atoms. The Labute approximate surface area is 348 Å². The highest BCUT2D eigenvalue weighted by molar-refractivity contribution is 7.80. The van der Waals surface area contributed by atoms with Crippen molar-refractivity contribution in [2.75, 3.05) is 41.7 Å². The molecule has 3 atom stereocenters. The van der Waals surface area contributed by atoms with E-state index in [1.807, 2.05) is 11.0 Å². The zero-order chi connectivity index (χ0) is 41.2. The van der Waals surface area contributed by atoms with Gasteiger partial charge in [0.15, 0.2) is 10.8 Å². The van der Waals surface area contributed by atoms with Gasteiger partial charge in [-0.05, 0) is 122 Å². The Morgan fingerprint density at radius 1 is 1.05 bits per heavy atom. The molecule has 4 fully saturated rings. The summed E-state index contributed by atoms with van der Waals surface area (Å²) in [5, 5.41) is 17.8. The smallest absolute Gasteiger partial charge is 0.374 e. The number of anilines is 3. The minimum atomic E-state index is -4.81. The van der Waals surface area contributed by atoms with Crippen LogP contribution in [0.2, 0.25) is 0 Å². The zero-order valence-electron chi connectivity index (χ0n) is 33.1. The Morgan fingerprint density at radius 3 is 2.36 bits per heavy atom. The number of imide groups is 1. The second kappa shape index (κ2) is 18.3. The lowest BCUT2D eigenvalue weighted by atomic mass is 9.82. The second-order valence-electron chi connectivity index (χ2n) is 16.3. The van der Waals surface area contributed by atoms with Gasteiger partial charge in [-0.1, -0.05) is 6.07 Å². The Kier molecular flexibility index (Phi) is 14.1. The van der Waals surface area contributed by atoms with Gasteiger partial charge in [0.25, 0.3) is 5.91 Å². The van der Waals surface area contributed by atoms with Gasteiger partial charge in [-0.15, -0.1) is 12.4 Å². The molecule has 0 radical (unpaired) electrons. The van der Waals surface area contributed by atoms with Gasteiger partial charge in [0.2, 0.25) is 17.7 Å². The third-order valence-corrected chi connectivity index (χ3v) is 12.1. The number of nitriles is 1. The second-order valence-corrected chi connectivity index (χ2v) is 16.6. The van der Waals surface area contributed by atoms with Crippen LogP contribution < -0.4 is 20.9 Å². The van der Waals surface area contributed by atoms with Gasteiger partial charge in [-0.3, -0.25) is 34.3 Å². The van der Waals surface area contributed by atoms with Crippen LogP contribution in [-0.4, -0.2) is 104 Å². The number of hydrogen-bond donors (Lipinski definition) is 3. The van der Waals surface area contributed by atoms with E-state index in [-0.39, 0.29) is 72.0 Å². The van der Waals surface area contributed by atoms with Gasteiger partial charge in [-0.2, -0.15) is 18.4 Å². The number of carbonyl (C=O) groups is 4. The average Bonchev–Trinajstić information content (AvgIpc) is 3.32. The molecular formula is C40H51ClF3N9O4S. The van der Waals surface area contributed by atoms with Crippen molar-refractivity contribution in [3.05, 3.63) is 47.8 Å². The summed E-state index contributed by atoms with van der Waals surface area (Å²) in [4.78, 5) is 61.8. The number of carbonyl (C=O) groups excluding carboxylic acids is 4. The number of rotatable bonds is 11. The highest BCUT2D eigenvalue weighted by atomic mass is 35.5. The van der Waals surface area contributed by atoms with Crippen molar-refractivity contribution in [2.24, 2.45) is 5.92 Å². The molecule has 18 heteroatoms. The van der Waals surface area contributed by atoms with Crippen molar-refractivity contribution in [2.45, 2.75) is 115 Å². The van der Waals surface area contributed by atoms with Crippen LogP contribution in [0, 0.1) is 17.2 Å². The van der Waals surface area contributed by atoms with E-state index in [1.165, 1.54) is 6.07 Å². The fraction of sp³-hybridized carbons (Fsp3) is 0.575. The largest absolute Gasteiger partial charge is 0.419 e. The SMILES string of the molecule is C[C@@H]1CN(CCCC2CCC(N3C(=S)N(c4cnc(C#N)c(C(F)(F)F)c4)C(=O)C3(C)C)CC2)C[C@H](C)N1CC(=O)Nc1cccc(NC2CCC(=O)NC2=O)c1.Cl. The lowest BCUT2D eigenvalue weighted by molar-refractivity contribution is -0.138. The number of thiocarbonyl (C=S) groups is 1. The van der Waals surface area contributed by atoms with Crippen molar-refractivity contribution in [3.63, 3.8) is 0 Å². The van der Waals surface area contributed by atoms with Crippen molar-refractivity contribution in [3.8, 4) is 6.07 Å². The van der Waals surface area contributed by atoms with Crippen molar-refractivity contribution < 1.29 is 32.3 Å². The summed E-state index contributed by atoms with van der Waals surface area (Å²) in [6, 6.07) is 9.26. The molecule has 4 aliphatic rings. The lowest BCUT2D eigenvalue weighted by Crippen LogP contribution is -2.58. The van der Waals surface area contributed by atoms with E-state index in [4.69, 9.17) is 17.5 Å². The van der Waals surface area contributed by atoms with Crippen LogP contribution in [0.25, 0.3) is 0 Å². The molecule has 6 rings (SSSR count). The third-order valence-electron chi connectivity index (χ3n) is 11.8. The van der Waals surface area contributed by atoms with Crippen molar-refractivity contribution >= 4 is 70.4 Å². The molecule has 1 aromatic carbocycles. The number of halogens is 4. The summed E-state index contributed by atoms with van der Waals surface area (Å²) < 4.78 is 41.1. The number of piperazine rings is 1. The molecule has 1 aliphatic carbocycles. The van der Waals surface area contributed by atoms with E-state index in [9.17, 15) is 32.3 Å². The number of hydrogen-bond acceptors (Lipinski definition) is 10. The van der Waals surface area contributed by atoms with Crippen LogP contribution in [0.4, 0.5) is 30.2 Å². The summed E-state index contributed by atoms with van der Waals surface area (Å²) in [5.41, 5.74) is -1.81. The first-order valence-corrected chi connectivity index (χ1v) is 20.0. The molecule has 0 spiro atoms. The van der Waals surface area contributed by atoms with Crippen LogP contribution in [-0.2, 0) is 25.4 Å². The first kappa shape index (κ1) is 44.7. The average molecular weight is 846 g/mol. The van der Waals surface area contributed by atoms with Crippen LogP contribution in [0.3, 0.4) is 0 Å². The van der Waals surface area contributed by atoms with Gasteiger partial charge in [0, 0.05) is 49.0 Å². The van der Waals surface area contributed by atoms with E-state index in [1.54, 1.807) is 32.0 Å². The van der Waals surface area contributed by atoms with E-state index < -0.39 is 34.9 Å². The Morgan fingerprint density at radius 2 is 1.72 bits per heavy atom. The van der Waals surface area contributed by atoms with E-state index in [0.29, 0.717) is 23.7 Å². The normalized spacial score (nSPS) is 25.5. The lowest BCUT2D eigenvalue weighted by Gasteiger charge is -2.44. The monoisotopic (exact) mass is 845 g/mol. The highest BCUT2D eigenvalue weighted by Crippen LogP contribution is 2.41. The van der Waals surface area contributed by atoms with Gasteiger partial charge in [-0.25, -0.2) is 4.98 Å². The van der Waals surface area contributed by atoms with Crippen molar-refractivity contribution in [1.29, 1.82) is 5.26 Å². The summed E-state index contributed by atoms with van der Waals surface area (Å²) in [7, 11) is 0. The van der Waals surface area contributed by atoms with Gasteiger partial charge in [0.05, 0.1) is 24.0 Å². The summed E-state index contributed by atoms with van der Waals surface area (Å²) in [6.45, 7) is 10.7. The summed E-state index contributed by atoms with van der Waals surface area (Å²) in [6.07, 6.45) is 2.59. The van der Waals surface area contributed by atoms with E-state index in [2.05, 4.69) is 44.6 Å². The predicted molar refractivity (Wildman–Crippen MR) is 219 cm³/mol. The van der Waals surface area contributed by atoms with Gasteiger partial charge < -0.3 is 20.4 Å². The molecule has 3 saturated heterocycles. The van der Waals surface area contributed by atoms with Crippen LogP contribution in [0.1, 0.15) is 90.3 Å². The number of benzene rings is 1. The standard InChI is InChI=1S/C40H50F3N9O4S.ClH/c1-24-21-49(22-25(2)50(24)23-35(54)47-28-9-5-8-27(17-28)46-32-14-15-34(53)48-36(32)55)16-6-7-26-10-12-29(13-11-26)52-38(57)51(37(56)39(52,3)4)30-18-31(40(41,42)43)33(19-44)45-20-30;/h5,8-9,17-18,20,24-26,29,32,46H,6-7,10-16,21-23H2,1-4H3,(H,47,54)(H,48,53,55);1H/t24-,25+,26?,29?,32?;. The fourth-order valence-electron chi connectivity index (χ4n) is 8.87. The molecule has 4 heterocycles. The number of pyridine rings is 1. The number of nitrogens with one attached hydrogen (secondary N) is 3. The first-order valence-electron chi connectivity index (χ1n) is 19.6. The molecule has 13 nitrogen and oxygen atoms in total. The Bertz CT molecular complexity index is 1920. The molecule has 1 aromatic heterocycles. The molecule has 2 aromatic rings. The van der Waals surface area contributed by atoms with Crippen LogP contribution in [0.5, 0.6) is 0 Å². The topological polar surface area (TPSA) is 154 Å². The first-order chi connectivity index (χ1) is 27.0. The van der Waals surface area contributed by atoms with Gasteiger partial charge in [0.1, 0.15) is 17.6 Å². The van der Waals surface area contributed by atoms with Gasteiger partial charge >= 0.3 is 6.18 Å². The van der Waals surface area contributed by atoms with Crippen molar-refractivity contribution in [1.82, 2.24) is 25.0 Å². The van der Waals surface area contributed by atoms with Crippen LogP contribution >= 0.6 is 24.6 Å². The number of nitrogens with zero attached hydrogens (tertiary/aromatic N) is 6. The number of aromatic nitrogens is 1. The Balaban J connectivity index is 0.00000641. The molecule has 1 saturated carbocycles. The molecule has 0 bridgehead atoms. The highest BCUT2D eigenvalue weighted by Gasteiger charge is 2.53.